The SMILES string of the molecule is Cc1ccc(C)c(CC(=O)N[C@H]2CCC[C@@H]2C(N)=O)c1. The van der Waals surface area contributed by atoms with E-state index in [0.717, 1.165) is 36.0 Å². The number of nitrogens with two attached hydrogens (primary N) is 1. The van der Waals surface area contributed by atoms with Crippen LogP contribution in [0.2, 0.25) is 0 Å². The first-order valence-corrected chi connectivity index (χ1v) is 7.12. The molecule has 2 rings (SSSR count). The third-order valence-electron chi connectivity index (χ3n) is 4.08. The normalized spacial score (nSPS) is 21.7. The maximum absolute atomic E-state index is 12.1. The lowest BCUT2D eigenvalue weighted by atomic mass is 10.0. The summed E-state index contributed by atoms with van der Waals surface area (Å²) in [5.41, 5.74) is 8.67. The quantitative estimate of drug-likeness (QED) is 0.875. The van der Waals surface area contributed by atoms with Crippen molar-refractivity contribution in [1.29, 1.82) is 0 Å². The molecule has 0 radical (unpaired) electrons. The van der Waals surface area contributed by atoms with E-state index in [2.05, 4.69) is 5.32 Å². The van der Waals surface area contributed by atoms with Crippen molar-refractivity contribution in [2.45, 2.75) is 45.6 Å². The number of carbonyl (C=O) groups is 2. The summed E-state index contributed by atoms with van der Waals surface area (Å²) >= 11 is 0. The molecule has 1 aliphatic carbocycles. The maximum Gasteiger partial charge on any atom is 0.224 e. The van der Waals surface area contributed by atoms with Crippen molar-refractivity contribution in [3.63, 3.8) is 0 Å². The molecule has 1 aromatic carbocycles. The van der Waals surface area contributed by atoms with Crippen LogP contribution in [0.3, 0.4) is 0 Å². The van der Waals surface area contributed by atoms with E-state index in [0.29, 0.717) is 6.42 Å². The molecule has 1 aliphatic rings. The van der Waals surface area contributed by atoms with Crippen LogP contribution in [0.15, 0.2) is 18.2 Å². The van der Waals surface area contributed by atoms with Gasteiger partial charge in [0.2, 0.25) is 11.8 Å². The molecule has 20 heavy (non-hydrogen) atoms. The molecule has 4 nitrogen and oxygen atoms in total. The Balaban J connectivity index is 1.99. The zero-order valence-electron chi connectivity index (χ0n) is 12.1. The average Bonchev–Trinajstić information content (AvgIpc) is 2.82. The Morgan fingerprint density at radius 3 is 2.75 bits per heavy atom. The van der Waals surface area contributed by atoms with Crippen LogP contribution < -0.4 is 11.1 Å². The molecule has 3 N–H and O–H groups in total. The van der Waals surface area contributed by atoms with Crippen LogP contribution in [0.25, 0.3) is 0 Å². The first-order valence-electron chi connectivity index (χ1n) is 7.12. The van der Waals surface area contributed by atoms with Crippen LogP contribution in [-0.2, 0) is 16.0 Å². The number of primary amides is 1. The number of benzene rings is 1. The minimum atomic E-state index is -0.306. The standard InChI is InChI=1S/C16H22N2O2/c1-10-6-7-11(2)12(8-10)9-15(19)18-14-5-3-4-13(14)16(17)20/h6-8,13-14H,3-5,9H2,1-2H3,(H2,17,20)(H,18,19)/t13-,14-/m0/s1. The van der Waals surface area contributed by atoms with Crippen LogP contribution >= 0.6 is 0 Å². The van der Waals surface area contributed by atoms with Gasteiger partial charge < -0.3 is 11.1 Å². The van der Waals surface area contributed by atoms with Crippen molar-refractivity contribution in [2.24, 2.45) is 11.7 Å². The van der Waals surface area contributed by atoms with Gasteiger partial charge in [0.05, 0.1) is 12.3 Å². The monoisotopic (exact) mass is 274 g/mol. The van der Waals surface area contributed by atoms with E-state index in [4.69, 9.17) is 5.73 Å². The number of hydrogen-bond donors (Lipinski definition) is 2. The third-order valence-corrected chi connectivity index (χ3v) is 4.08. The first-order chi connectivity index (χ1) is 9.47. The third kappa shape index (κ3) is 3.38. The van der Waals surface area contributed by atoms with E-state index in [1.807, 2.05) is 32.0 Å². The minimum Gasteiger partial charge on any atom is -0.369 e. The van der Waals surface area contributed by atoms with E-state index in [1.165, 1.54) is 0 Å². The molecule has 0 unspecified atom stereocenters. The van der Waals surface area contributed by atoms with Crippen LogP contribution in [0.1, 0.15) is 36.0 Å². The molecule has 1 saturated carbocycles. The largest absolute Gasteiger partial charge is 0.369 e. The van der Waals surface area contributed by atoms with Crippen molar-refractivity contribution < 1.29 is 9.59 Å². The Kier molecular flexibility index (Phi) is 4.42. The van der Waals surface area contributed by atoms with Crippen LogP contribution in [0.4, 0.5) is 0 Å². The number of carbonyl (C=O) groups excluding carboxylic acids is 2. The molecule has 0 aliphatic heterocycles. The molecule has 2 amide bonds. The van der Waals surface area contributed by atoms with Gasteiger partial charge in [0.25, 0.3) is 0 Å². The highest BCUT2D eigenvalue weighted by Gasteiger charge is 2.32. The zero-order chi connectivity index (χ0) is 14.7. The van der Waals surface area contributed by atoms with E-state index >= 15 is 0 Å². The molecular weight excluding hydrogens is 252 g/mol. The van der Waals surface area contributed by atoms with Crippen LogP contribution in [-0.4, -0.2) is 17.9 Å². The van der Waals surface area contributed by atoms with E-state index in [1.54, 1.807) is 0 Å². The number of amides is 2. The fourth-order valence-corrected chi connectivity index (χ4v) is 2.89. The molecule has 1 fully saturated rings. The average molecular weight is 274 g/mol. The molecule has 0 aromatic heterocycles. The van der Waals surface area contributed by atoms with Crippen LogP contribution in [0, 0.1) is 19.8 Å². The smallest absolute Gasteiger partial charge is 0.224 e. The Morgan fingerprint density at radius 1 is 1.30 bits per heavy atom. The van der Waals surface area contributed by atoms with Gasteiger partial charge in [-0.2, -0.15) is 0 Å². The first kappa shape index (κ1) is 14.6. The summed E-state index contributed by atoms with van der Waals surface area (Å²) < 4.78 is 0. The summed E-state index contributed by atoms with van der Waals surface area (Å²) in [5, 5.41) is 2.97. The van der Waals surface area contributed by atoms with Crippen molar-refractivity contribution >= 4 is 11.8 Å². The van der Waals surface area contributed by atoms with Gasteiger partial charge >= 0.3 is 0 Å². The van der Waals surface area contributed by atoms with Gasteiger partial charge in [-0.1, -0.05) is 30.2 Å². The Hall–Kier alpha value is -1.84. The highest BCUT2D eigenvalue weighted by atomic mass is 16.2. The summed E-state index contributed by atoms with van der Waals surface area (Å²) in [4.78, 5) is 23.5. The molecule has 0 heterocycles. The van der Waals surface area contributed by atoms with Gasteiger partial charge in [0.15, 0.2) is 0 Å². The highest BCUT2D eigenvalue weighted by Crippen LogP contribution is 2.25. The lowest BCUT2D eigenvalue weighted by molar-refractivity contribution is -0.124. The number of aryl methyl sites for hydroxylation is 2. The van der Waals surface area contributed by atoms with Crippen molar-refractivity contribution in [2.75, 3.05) is 0 Å². The molecule has 108 valence electrons. The lowest BCUT2D eigenvalue weighted by Crippen LogP contribution is -2.42. The van der Waals surface area contributed by atoms with Crippen molar-refractivity contribution in [3.8, 4) is 0 Å². The predicted octanol–water partition coefficient (Wildman–Crippen LogP) is 1.62. The topological polar surface area (TPSA) is 72.2 Å². The van der Waals surface area contributed by atoms with Gasteiger partial charge in [-0.15, -0.1) is 0 Å². The zero-order valence-corrected chi connectivity index (χ0v) is 12.1. The van der Waals surface area contributed by atoms with Crippen LogP contribution in [0.5, 0.6) is 0 Å². The van der Waals surface area contributed by atoms with Crippen molar-refractivity contribution in [1.82, 2.24) is 5.32 Å². The number of nitrogens with one attached hydrogen (secondary N) is 1. The van der Waals surface area contributed by atoms with Crippen molar-refractivity contribution in [3.05, 3.63) is 34.9 Å². The van der Waals surface area contributed by atoms with Gasteiger partial charge in [0, 0.05) is 6.04 Å². The van der Waals surface area contributed by atoms with E-state index in [9.17, 15) is 9.59 Å². The number of hydrogen-bond acceptors (Lipinski definition) is 2. The fraction of sp³-hybridized carbons (Fsp3) is 0.500. The molecular formula is C16H22N2O2. The summed E-state index contributed by atoms with van der Waals surface area (Å²) in [7, 11) is 0. The van der Waals surface area contributed by atoms with Gasteiger partial charge in [-0.25, -0.2) is 0 Å². The van der Waals surface area contributed by atoms with E-state index < -0.39 is 0 Å². The van der Waals surface area contributed by atoms with Gasteiger partial charge in [-0.3, -0.25) is 9.59 Å². The predicted molar refractivity (Wildman–Crippen MR) is 78.1 cm³/mol. The summed E-state index contributed by atoms with van der Waals surface area (Å²) in [6.45, 7) is 4.02. The summed E-state index contributed by atoms with van der Waals surface area (Å²) in [6, 6.07) is 6.01. The molecule has 4 heteroatoms. The Labute approximate surface area is 119 Å². The fourth-order valence-electron chi connectivity index (χ4n) is 2.89. The Morgan fingerprint density at radius 2 is 2.05 bits per heavy atom. The van der Waals surface area contributed by atoms with E-state index in [-0.39, 0.29) is 23.8 Å². The van der Waals surface area contributed by atoms with Gasteiger partial charge in [-0.05, 0) is 37.8 Å². The second-order valence-corrected chi connectivity index (χ2v) is 5.72. The highest BCUT2D eigenvalue weighted by molar-refractivity contribution is 5.82. The minimum absolute atomic E-state index is 0.0307. The second-order valence-electron chi connectivity index (χ2n) is 5.72. The molecule has 1 aromatic rings. The second kappa shape index (κ2) is 6.07. The molecule has 0 spiro atoms. The molecule has 0 bridgehead atoms. The van der Waals surface area contributed by atoms with Gasteiger partial charge in [0.1, 0.15) is 0 Å². The molecule has 0 saturated heterocycles. The maximum atomic E-state index is 12.1. The summed E-state index contributed by atoms with van der Waals surface area (Å²) in [5.74, 6) is -0.547. The molecule has 2 atom stereocenters. The Bertz CT molecular complexity index is 525. The lowest BCUT2D eigenvalue weighted by Gasteiger charge is -2.18. The number of rotatable bonds is 4. The summed E-state index contributed by atoms with van der Waals surface area (Å²) in [6.07, 6.45) is 2.92.